The maximum Gasteiger partial charge on any atom is 0.250 e. The number of halogens is 1. The van der Waals surface area contributed by atoms with Gasteiger partial charge in [-0.15, -0.1) is 0 Å². The average molecular weight is 492 g/mol. The van der Waals surface area contributed by atoms with Gasteiger partial charge in [-0.2, -0.15) is 5.10 Å². The Morgan fingerprint density at radius 2 is 1.89 bits per heavy atom. The third-order valence-electron chi connectivity index (χ3n) is 5.45. The Hall–Kier alpha value is -3.95. The summed E-state index contributed by atoms with van der Waals surface area (Å²) in [6.07, 6.45) is 4.77. The predicted octanol–water partition coefficient (Wildman–Crippen LogP) is 3.81. The molecule has 0 aliphatic carbocycles. The molecular weight excluding hydrogens is 466 g/mol. The number of likely N-dealkylation sites (N-methyl/N-ethyl adjacent to an activating group) is 2. The normalized spacial score (nSPS) is 11.5. The molecule has 0 aliphatic rings. The van der Waals surface area contributed by atoms with E-state index in [2.05, 4.69) is 9.97 Å². The number of fused-ring (bicyclic) bond motifs is 1. The summed E-state index contributed by atoms with van der Waals surface area (Å²) < 4.78 is 7.27. The van der Waals surface area contributed by atoms with E-state index in [9.17, 15) is 4.79 Å². The number of carbonyl (C=O) groups is 1. The van der Waals surface area contributed by atoms with Crippen LogP contribution in [-0.4, -0.2) is 65.4 Å². The van der Waals surface area contributed by atoms with Crippen LogP contribution in [0.15, 0.2) is 60.9 Å². The number of benzene rings is 2. The van der Waals surface area contributed by atoms with Gasteiger partial charge in [0.05, 0.1) is 12.5 Å². The molecule has 0 bridgehead atoms. The molecule has 4 rings (SSSR count). The summed E-state index contributed by atoms with van der Waals surface area (Å²) >= 11 is 6.08. The molecule has 35 heavy (non-hydrogen) atoms. The number of nitrogens with zero attached hydrogens (tertiary/aromatic N) is 6. The van der Waals surface area contributed by atoms with Gasteiger partial charge in [0.15, 0.2) is 5.65 Å². The van der Waals surface area contributed by atoms with E-state index >= 15 is 0 Å². The molecule has 0 radical (unpaired) electrons. The molecule has 180 valence electrons. The van der Waals surface area contributed by atoms with Gasteiger partial charge >= 0.3 is 0 Å². The van der Waals surface area contributed by atoms with Crippen molar-refractivity contribution in [3.63, 3.8) is 0 Å². The minimum atomic E-state index is -0.151. The van der Waals surface area contributed by atoms with Gasteiger partial charge in [0.25, 0.3) is 0 Å². The van der Waals surface area contributed by atoms with E-state index in [0.29, 0.717) is 51.2 Å². The highest BCUT2D eigenvalue weighted by molar-refractivity contribution is 6.30. The van der Waals surface area contributed by atoms with Gasteiger partial charge in [0.2, 0.25) is 5.91 Å². The van der Waals surface area contributed by atoms with Crippen LogP contribution in [0.1, 0.15) is 0 Å². The van der Waals surface area contributed by atoms with E-state index < -0.39 is 0 Å². The Morgan fingerprint density at radius 1 is 1.14 bits per heavy atom. The summed E-state index contributed by atoms with van der Waals surface area (Å²) in [7, 11) is 7.18. The van der Waals surface area contributed by atoms with Crippen LogP contribution in [0.5, 0.6) is 5.75 Å². The van der Waals surface area contributed by atoms with Crippen LogP contribution in [0.4, 0.5) is 11.5 Å². The maximum absolute atomic E-state index is 12.7. The summed E-state index contributed by atoms with van der Waals surface area (Å²) in [5.41, 5.74) is 9.45. The minimum absolute atomic E-state index is 0.151. The van der Waals surface area contributed by atoms with Crippen LogP contribution in [0.3, 0.4) is 0 Å². The van der Waals surface area contributed by atoms with E-state index in [4.69, 9.17) is 27.2 Å². The van der Waals surface area contributed by atoms with Crippen molar-refractivity contribution in [2.45, 2.75) is 0 Å². The summed E-state index contributed by atoms with van der Waals surface area (Å²) in [5, 5.41) is 6.06. The molecule has 9 nitrogen and oxygen atoms in total. The van der Waals surface area contributed by atoms with E-state index in [0.717, 1.165) is 5.56 Å². The van der Waals surface area contributed by atoms with Crippen molar-refractivity contribution in [3.05, 3.63) is 66.0 Å². The molecule has 0 aliphatic heterocycles. The second-order valence-electron chi connectivity index (χ2n) is 8.14. The van der Waals surface area contributed by atoms with Gasteiger partial charge in [0.1, 0.15) is 29.3 Å². The van der Waals surface area contributed by atoms with Gasteiger partial charge in [-0.25, -0.2) is 14.6 Å². The topological polar surface area (TPSA) is 102 Å². The van der Waals surface area contributed by atoms with E-state index in [1.165, 1.54) is 6.33 Å². The van der Waals surface area contributed by atoms with Gasteiger partial charge in [-0.1, -0.05) is 29.8 Å². The lowest BCUT2D eigenvalue weighted by atomic mass is 10.1. The number of hydrogen-bond acceptors (Lipinski definition) is 7. The fraction of sp³-hybridized carbons (Fsp3) is 0.200. The fourth-order valence-corrected chi connectivity index (χ4v) is 3.73. The number of carbonyl (C=O) groups excluding carboxylic acids is 1. The van der Waals surface area contributed by atoms with Crippen molar-refractivity contribution in [2.24, 2.45) is 0 Å². The zero-order valence-electron chi connectivity index (χ0n) is 19.9. The van der Waals surface area contributed by atoms with Crippen molar-refractivity contribution in [1.82, 2.24) is 24.6 Å². The molecule has 0 saturated heterocycles. The first kappa shape index (κ1) is 24.2. The second kappa shape index (κ2) is 10.1. The molecule has 2 heterocycles. The van der Waals surface area contributed by atoms with Crippen LogP contribution >= 0.6 is 11.6 Å². The number of methoxy groups -OCH3 is 1. The fourth-order valence-electron chi connectivity index (χ4n) is 3.61. The number of rotatable bonds is 7. The summed E-state index contributed by atoms with van der Waals surface area (Å²) in [5.74, 6) is 0.711. The van der Waals surface area contributed by atoms with Gasteiger partial charge in [-0.05, 0) is 44.4 Å². The molecule has 0 fully saturated rings. The van der Waals surface area contributed by atoms with Crippen LogP contribution < -0.4 is 15.4 Å². The number of aromatic nitrogens is 4. The highest BCUT2D eigenvalue weighted by atomic mass is 35.5. The first-order valence-corrected chi connectivity index (χ1v) is 11.2. The van der Waals surface area contributed by atoms with Gasteiger partial charge in [-0.3, -0.25) is 4.79 Å². The van der Waals surface area contributed by atoms with Crippen molar-refractivity contribution in [2.75, 3.05) is 45.4 Å². The summed E-state index contributed by atoms with van der Waals surface area (Å²) in [6.45, 7) is 0.668. The molecule has 0 atom stereocenters. The Balaban J connectivity index is 1.84. The number of amides is 1. The Labute approximate surface area is 208 Å². The summed E-state index contributed by atoms with van der Waals surface area (Å²) in [4.78, 5) is 24.9. The number of anilines is 2. The van der Waals surface area contributed by atoms with Crippen LogP contribution in [0.25, 0.3) is 28.0 Å². The monoisotopic (exact) mass is 491 g/mol. The lowest BCUT2D eigenvalue weighted by Crippen LogP contribution is -2.24. The largest absolute Gasteiger partial charge is 0.494 e. The molecule has 2 N–H and O–H groups in total. The smallest absolute Gasteiger partial charge is 0.250 e. The third-order valence-corrected chi connectivity index (χ3v) is 5.70. The molecule has 0 unspecified atom stereocenters. The zero-order valence-corrected chi connectivity index (χ0v) is 20.7. The molecular formula is C25H26ClN7O2. The van der Waals surface area contributed by atoms with Crippen molar-refractivity contribution >= 4 is 40.0 Å². The number of nitrogens with two attached hydrogens (primary N) is 1. The number of ether oxygens (including phenoxy) is 1. The van der Waals surface area contributed by atoms with Gasteiger partial charge < -0.3 is 20.3 Å². The lowest BCUT2D eigenvalue weighted by Gasteiger charge is -2.18. The summed E-state index contributed by atoms with van der Waals surface area (Å²) in [6, 6.07) is 12.7. The second-order valence-corrected chi connectivity index (χ2v) is 8.58. The van der Waals surface area contributed by atoms with Crippen molar-refractivity contribution in [1.29, 1.82) is 0 Å². The van der Waals surface area contributed by atoms with Gasteiger partial charge in [0, 0.05) is 35.9 Å². The highest BCUT2D eigenvalue weighted by Crippen LogP contribution is 2.35. The van der Waals surface area contributed by atoms with Crippen molar-refractivity contribution in [3.8, 4) is 22.7 Å². The number of hydrogen-bond donors (Lipinski definition) is 1. The lowest BCUT2D eigenvalue weighted by molar-refractivity contribution is -0.113. The first-order chi connectivity index (χ1) is 16.8. The molecule has 4 aromatic rings. The quantitative estimate of drug-likeness (QED) is 0.392. The highest BCUT2D eigenvalue weighted by Gasteiger charge is 2.21. The van der Waals surface area contributed by atoms with Crippen LogP contribution in [0.2, 0.25) is 5.02 Å². The predicted molar refractivity (Wildman–Crippen MR) is 139 cm³/mol. The Morgan fingerprint density at radius 3 is 2.57 bits per heavy atom. The maximum atomic E-state index is 12.7. The van der Waals surface area contributed by atoms with Crippen molar-refractivity contribution < 1.29 is 9.53 Å². The standard InChI is InChI=1S/C25H26ClN7O2/c1-31(2)13-5-6-21(34)32(3)18-11-12-20(35-4)19(14-18)33-25-22(24(27)28-15-29-25)23(30-33)16-7-9-17(26)10-8-16/h5-12,14-15H,13H2,1-4H3,(H2,27,28,29)/b6-5+. The Bertz CT molecular complexity index is 1400. The first-order valence-electron chi connectivity index (χ1n) is 10.8. The van der Waals surface area contributed by atoms with E-state index in [1.54, 1.807) is 48.0 Å². The average Bonchev–Trinajstić information content (AvgIpc) is 3.24. The van der Waals surface area contributed by atoms with E-state index in [-0.39, 0.29) is 5.91 Å². The number of nitrogen functional groups attached to an aromatic ring is 1. The molecule has 2 aromatic carbocycles. The SMILES string of the molecule is COc1ccc(N(C)C(=O)/C=C/CN(C)C)cc1-n1nc(-c2ccc(Cl)cc2)c2c(N)ncnc21. The van der Waals surface area contributed by atoms with Crippen LogP contribution in [0, 0.1) is 0 Å². The third kappa shape index (κ3) is 4.96. The Kier molecular flexibility index (Phi) is 6.99. The van der Waals surface area contributed by atoms with E-state index in [1.807, 2.05) is 49.3 Å². The minimum Gasteiger partial charge on any atom is -0.494 e. The molecule has 1 amide bonds. The van der Waals surface area contributed by atoms with Crippen LogP contribution in [-0.2, 0) is 4.79 Å². The molecule has 2 aromatic heterocycles. The molecule has 10 heteroatoms. The molecule has 0 spiro atoms. The molecule has 0 saturated carbocycles. The zero-order chi connectivity index (χ0) is 25.1.